The van der Waals surface area contributed by atoms with E-state index in [-0.39, 0.29) is 6.10 Å². The summed E-state index contributed by atoms with van der Waals surface area (Å²) >= 11 is 0. The number of methoxy groups -OCH3 is 1. The van der Waals surface area contributed by atoms with Crippen LogP contribution in [-0.4, -0.2) is 7.11 Å². The lowest BCUT2D eigenvalue weighted by Crippen LogP contribution is -2.13. The first kappa shape index (κ1) is 13.2. The maximum atomic E-state index is 6.14. The molecule has 2 aromatic carbocycles. The van der Waals surface area contributed by atoms with E-state index in [1.54, 1.807) is 7.11 Å². The third-order valence-electron chi connectivity index (χ3n) is 3.92. The molecule has 0 radical (unpaired) electrons. The highest BCUT2D eigenvalue weighted by Crippen LogP contribution is 2.37. The van der Waals surface area contributed by atoms with Gasteiger partial charge in [-0.3, -0.25) is 0 Å². The van der Waals surface area contributed by atoms with Gasteiger partial charge in [0.15, 0.2) is 0 Å². The molecule has 20 heavy (non-hydrogen) atoms. The zero-order valence-corrected chi connectivity index (χ0v) is 11.8. The van der Waals surface area contributed by atoms with Gasteiger partial charge in [0.1, 0.15) is 5.75 Å². The van der Waals surface area contributed by atoms with Crippen LogP contribution in [0.5, 0.6) is 5.75 Å². The summed E-state index contributed by atoms with van der Waals surface area (Å²) in [5, 5.41) is 0. The maximum absolute atomic E-state index is 6.14. The van der Waals surface area contributed by atoms with Crippen molar-refractivity contribution in [1.82, 2.24) is 0 Å². The molecule has 1 unspecified atom stereocenters. The van der Waals surface area contributed by atoms with Crippen molar-refractivity contribution in [1.29, 1.82) is 0 Å². The maximum Gasteiger partial charge on any atom is 0.122 e. The van der Waals surface area contributed by atoms with E-state index in [0.717, 1.165) is 25.0 Å². The highest BCUT2D eigenvalue weighted by atomic mass is 16.5. The Bertz CT molecular complexity index is 563. The Labute approximate surface area is 120 Å². The molecule has 0 fully saturated rings. The second-order valence-corrected chi connectivity index (χ2v) is 5.21. The molecule has 104 valence electrons. The van der Waals surface area contributed by atoms with Gasteiger partial charge in [-0.15, -0.1) is 0 Å². The van der Waals surface area contributed by atoms with Gasteiger partial charge in [0, 0.05) is 0 Å². The number of fused-ring (bicyclic) bond motifs is 1. The van der Waals surface area contributed by atoms with Crippen molar-refractivity contribution < 1.29 is 9.47 Å². The average molecular weight is 268 g/mol. The van der Waals surface area contributed by atoms with Crippen molar-refractivity contribution in [2.45, 2.75) is 32.0 Å². The van der Waals surface area contributed by atoms with Crippen LogP contribution in [0.25, 0.3) is 0 Å². The molecule has 0 aliphatic heterocycles. The second-order valence-electron chi connectivity index (χ2n) is 5.21. The topological polar surface area (TPSA) is 18.5 Å². The molecule has 0 spiro atoms. The number of ether oxygens (including phenoxy) is 2. The standard InChI is InChI=1S/C18H20O2/c1-19-17-11-5-10-16-15(17)9-6-12-18(16)20-13-14-7-3-2-4-8-14/h2-5,7-8,10-11,18H,6,9,12-13H2,1H3. The Morgan fingerprint density at radius 1 is 1.05 bits per heavy atom. The lowest BCUT2D eigenvalue weighted by Gasteiger charge is -2.27. The Morgan fingerprint density at radius 2 is 1.90 bits per heavy atom. The quantitative estimate of drug-likeness (QED) is 0.823. The molecule has 1 aliphatic carbocycles. The highest BCUT2D eigenvalue weighted by molar-refractivity contribution is 5.42. The van der Waals surface area contributed by atoms with Crippen molar-refractivity contribution in [3.05, 3.63) is 65.2 Å². The predicted octanol–water partition coefficient (Wildman–Crippen LogP) is 4.29. The monoisotopic (exact) mass is 268 g/mol. The van der Waals surface area contributed by atoms with Crippen LogP contribution in [0.15, 0.2) is 48.5 Å². The first-order chi connectivity index (χ1) is 9.88. The molecule has 0 bridgehead atoms. The summed E-state index contributed by atoms with van der Waals surface area (Å²) in [7, 11) is 1.74. The minimum Gasteiger partial charge on any atom is -0.496 e. The van der Waals surface area contributed by atoms with E-state index in [1.165, 1.54) is 16.7 Å². The summed E-state index contributed by atoms with van der Waals surface area (Å²) in [6.45, 7) is 0.669. The van der Waals surface area contributed by atoms with Gasteiger partial charge in [-0.05, 0) is 42.0 Å². The minimum absolute atomic E-state index is 0.189. The Balaban J connectivity index is 1.77. The largest absolute Gasteiger partial charge is 0.496 e. The van der Waals surface area contributed by atoms with Gasteiger partial charge in [-0.25, -0.2) is 0 Å². The van der Waals surface area contributed by atoms with Crippen LogP contribution in [0.3, 0.4) is 0 Å². The highest BCUT2D eigenvalue weighted by Gasteiger charge is 2.23. The summed E-state index contributed by atoms with van der Waals surface area (Å²) in [6.07, 6.45) is 3.53. The van der Waals surface area contributed by atoms with Gasteiger partial charge in [0.2, 0.25) is 0 Å². The van der Waals surface area contributed by atoms with Crippen LogP contribution in [-0.2, 0) is 17.8 Å². The smallest absolute Gasteiger partial charge is 0.122 e. The van der Waals surface area contributed by atoms with Crippen LogP contribution in [0.2, 0.25) is 0 Å². The average Bonchev–Trinajstić information content (AvgIpc) is 2.53. The molecule has 2 aromatic rings. The summed E-state index contributed by atoms with van der Waals surface area (Å²) in [6, 6.07) is 16.6. The SMILES string of the molecule is COc1cccc2c1CCCC2OCc1ccccc1. The molecule has 0 amide bonds. The molecule has 0 heterocycles. The fraction of sp³-hybridized carbons (Fsp3) is 0.333. The van der Waals surface area contributed by atoms with Crippen molar-refractivity contribution >= 4 is 0 Å². The van der Waals surface area contributed by atoms with E-state index >= 15 is 0 Å². The third kappa shape index (κ3) is 2.70. The summed E-state index contributed by atoms with van der Waals surface area (Å²) < 4.78 is 11.6. The van der Waals surface area contributed by atoms with Crippen molar-refractivity contribution in [3.63, 3.8) is 0 Å². The zero-order valence-electron chi connectivity index (χ0n) is 11.8. The molecule has 0 N–H and O–H groups in total. The van der Waals surface area contributed by atoms with E-state index in [4.69, 9.17) is 9.47 Å². The molecule has 2 nitrogen and oxygen atoms in total. The molecule has 2 heteroatoms. The molecule has 1 atom stereocenters. The summed E-state index contributed by atoms with van der Waals surface area (Å²) in [4.78, 5) is 0. The van der Waals surface area contributed by atoms with Gasteiger partial charge in [0.25, 0.3) is 0 Å². The molecule has 3 rings (SSSR count). The molecular formula is C18H20O2. The van der Waals surface area contributed by atoms with E-state index in [0.29, 0.717) is 6.61 Å². The molecule has 0 saturated carbocycles. The van der Waals surface area contributed by atoms with Gasteiger partial charge in [-0.2, -0.15) is 0 Å². The minimum atomic E-state index is 0.189. The van der Waals surface area contributed by atoms with Gasteiger partial charge in [0.05, 0.1) is 19.8 Å². The van der Waals surface area contributed by atoms with Crippen LogP contribution < -0.4 is 4.74 Å². The van der Waals surface area contributed by atoms with Crippen molar-refractivity contribution in [2.24, 2.45) is 0 Å². The molecule has 0 saturated heterocycles. The predicted molar refractivity (Wildman–Crippen MR) is 79.9 cm³/mol. The zero-order chi connectivity index (χ0) is 13.8. The molecule has 0 aromatic heterocycles. The normalized spacial score (nSPS) is 17.6. The fourth-order valence-electron chi connectivity index (χ4n) is 2.91. The first-order valence-corrected chi connectivity index (χ1v) is 7.20. The lowest BCUT2D eigenvalue weighted by molar-refractivity contribution is 0.0280. The van der Waals surface area contributed by atoms with E-state index < -0.39 is 0 Å². The fourth-order valence-corrected chi connectivity index (χ4v) is 2.91. The Morgan fingerprint density at radius 3 is 2.70 bits per heavy atom. The van der Waals surface area contributed by atoms with Crippen LogP contribution in [0.4, 0.5) is 0 Å². The first-order valence-electron chi connectivity index (χ1n) is 7.20. The second kappa shape index (κ2) is 6.10. The Kier molecular flexibility index (Phi) is 4.03. The third-order valence-corrected chi connectivity index (χ3v) is 3.92. The van der Waals surface area contributed by atoms with E-state index in [2.05, 4.69) is 36.4 Å². The lowest BCUT2D eigenvalue weighted by atomic mass is 9.88. The van der Waals surface area contributed by atoms with Gasteiger partial charge < -0.3 is 9.47 Å². The van der Waals surface area contributed by atoms with Gasteiger partial charge >= 0.3 is 0 Å². The molecule has 1 aliphatic rings. The number of hydrogen-bond acceptors (Lipinski definition) is 2. The van der Waals surface area contributed by atoms with Crippen molar-refractivity contribution in [2.75, 3.05) is 7.11 Å². The van der Waals surface area contributed by atoms with E-state index in [1.807, 2.05) is 12.1 Å². The number of hydrogen-bond donors (Lipinski definition) is 0. The summed E-state index contributed by atoms with van der Waals surface area (Å²) in [5.41, 5.74) is 3.84. The van der Waals surface area contributed by atoms with Crippen molar-refractivity contribution in [3.8, 4) is 5.75 Å². The Hall–Kier alpha value is -1.80. The number of rotatable bonds is 4. The summed E-state index contributed by atoms with van der Waals surface area (Å²) in [5.74, 6) is 0.996. The van der Waals surface area contributed by atoms with E-state index in [9.17, 15) is 0 Å². The van der Waals surface area contributed by atoms with Gasteiger partial charge in [-0.1, -0.05) is 42.5 Å². The van der Waals surface area contributed by atoms with Crippen LogP contribution >= 0.6 is 0 Å². The number of benzene rings is 2. The molecular weight excluding hydrogens is 248 g/mol. The van der Waals surface area contributed by atoms with Crippen LogP contribution in [0, 0.1) is 0 Å². The van der Waals surface area contributed by atoms with Crippen LogP contribution in [0.1, 0.15) is 35.6 Å².